The van der Waals surface area contributed by atoms with Gasteiger partial charge in [0.1, 0.15) is 9.90 Å². The molecule has 17 heavy (non-hydrogen) atoms. The van der Waals surface area contributed by atoms with Crippen LogP contribution in [0.5, 0.6) is 0 Å². The van der Waals surface area contributed by atoms with Crippen LogP contribution in [0, 0.1) is 5.92 Å². The average molecular weight is 293 g/mol. The Kier molecular flexibility index (Phi) is 3.84. The molecule has 1 aromatic rings. The zero-order valence-corrected chi connectivity index (χ0v) is 11.9. The van der Waals surface area contributed by atoms with Gasteiger partial charge in [-0.15, -0.1) is 0 Å². The van der Waals surface area contributed by atoms with Gasteiger partial charge in [-0.25, -0.2) is 8.42 Å². The summed E-state index contributed by atoms with van der Waals surface area (Å²) in [4.78, 5) is 0.146. The van der Waals surface area contributed by atoms with Crippen LogP contribution in [0.3, 0.4) is 0 Å². The minimum Gasteiger partial charge on any atom is -0.382 e. The first kappa shape index (κ1) is 13.0. The molecule has 0 amide bonds. The molecule has 1 aromatic heterocycles. The Morgan fingerprint density at radius 2 is 2.35 bits per heavy atom. The fourth-order valence-corrected chi connectivity index (χ4v) is 5.11. The Morgan fingerprint density at radius 3 is 2.94 bits per heavy atom. The molecule has 1 atom stereocenters. The van der Waals surface area contributed by atoms with Crippen LogP contribution in [0.25, 0.3) is 0 Å². The zero-order valence-electron chi connectivity index (χ0n) is 9.47. The highest BCUT2D eigenvalue weighted by atomic mass is 32.2. The molecule has 1 fully saturated rings. The van der Waals surface area contributed by atoms with Gasteiger partial charge in [-0.1, -0.05) is 0 Å². The van der Waals surface area contributed by atoms with Gasteiger partial charge in [-0.2, -0.15) is 16.1 Å². The number of thioether (sulfide) groups is 1. The maximum Gasteiger partial charge on any atom is 0.182 e. The lowest BCUT2D eigenvalue weighted by atomic mass is 10.1. The summed E-state index contributed by atoms with van der Waals surface area (Å²) in [6.45, 7) is 0.789. The van der Waals surface area contributed by atoms with Crippen LogP contribution in [0.2, 0.25) is 0 Å². The molecular weight excluding hydrogens is 278 g/mol. The Hall–Kier alpha value is -0.470. The predicted octanol–water partition coefficient (Wildman–Crippen LogP) is 1.29. The lowest BCUT2D eigenvalue weighted by Gasteiger charge is -2.10. The van der Waals surface area contributed by atoms with E-state index in [1.165, 1.54) is 12.2 Å². The maximum atomic E-state index is 11.6. The van der Waals surface area contributed by atoms with Gasteiger partial charge in [0.05, 0.1) is 0 Å². The predicted molar refractivity (Wildman–Crippen MR) is 73.6 cm³/mol. The maximum absolute atomic E-state index is 11.6. The van der Waals surface area contributed by atoms with Crippen LogP contribution >= 0.6 is 23.3 Å². The van der Waals surface area contributed by atoms with E-state index in [2.05, 4.69) is 9.69 Å². The van der Waals surface area contributed by atoms with E-state index in [4.69, 9.17) is 5.73 Å². The highest BCUT2D eigenvalue weighted by Crippen LogP contribution is 2.32. The number of anilines is 2. The van der Waals surface area contributed by atoms with Gasteiger partial charge < -0.3 is 11.1 Å². The fourth-order valence-electron chi connectivity index (χ4n) is 1.75. The number of nitrogen functional groups attached to an aromatic ring is 1. The minimum atomic E-state index is -3.31. The van der Waals surface area contributed by atoms with E-state index in [0.29, 0.717) is 10.9 Å². The molecular formula is C9H15N3O2S3. The number of nitrogens with zero attached hydrogens (tertiary/aromatic N) is 1. The van der Waals surface area contributed by atoms with Crippen molar-refractivity contribution in [3.63, 3.8) is 0 Å². The van der Waals surface area contributed by atoms with Crippen LogP contribution < -0.4 is 11.1 Å². The van der Waals surface area contributed by atoms with Crippen LogP contribution in [0.15, 0.2) is 4.90 Å². The molecule has 1 saturated heterocycles. The molecule has 0 aliphatic carbocycles. The molecule has 0 radical (unpaired) electrons. The molecule has 3 N–H and O–H groups in total. The summed E-state index contributed by atoms with van der Waals surface area (Å²) in [6, 6.07) is 0. The Labute approximate surface area is 109 Å². The second-order valence-corrected chi connectivity index (χ2v) is 7.98. The van der Waals surface area contributed by atoms with Gasteiger partial charge in [-0.3, -0.25) is 0 Å². The van der Waals surface area contributed by atoms with Gasteiger partial charge >= 0.3 is 0 Å². The van der Waals surface area contributed by atoms with Crippen molar-refractivity contribution < 1.29 is 8.42 Å². The first-order valence-corrected chi connectivity index (χ1v) is 9.07. The van der Waals surface area contributed by atoms with Crippen molar-refractivity contribution in [2.45, 2.75) is 11.3 Å². The van der Waals surface area contributed by atoms with Crippen LogP contribution in [-0.4, -0.2) is 37.1 Å². The quantitative estimate of drug-likeness (QED) is 0.870. The molecule has 2 heterocycles. The zero-order chi connectivity index (χ0) is 12.5. The van der Waals surface area contributed by atoms with Crippen molar-refractivity contribution in [1.82, 2.24) is 4.37 Å². The van der Waals surface area contributed by atoms with E-state index in [1.54, 1.807) is 0 Å². The van der Waals surface area contributed by atoms with Crippen LogP contribution in [0.4, 0.5) is 10.8 Å². The monoisotopic (exact) mass is 293 g/mol. The number of hydrogen-bond donors (Lipinski definition) is 2. The molecule has 0 spiro atoms. The van der Waals surface area contributed by atoms with Gasteiger partial charge in [0.15, 0.2) is 15.7 Å². The van der Waals surface area contributed by atoms with Crippen LogP contribution in [-0.2, 0) is 9.84 Å². The number of aromatic nitrogens is 1. The first-order valence-electron chi connectivity index (χ1n) is 5.25. The van der Waals surface area contributed by atoms with Gasteiger partial charge in [-0.05, 0) is 35.4 Å². The Bertz CT molecular complexity index is 492. The average Bonchev–Trinajstić information content (AvgIpc) is 2.82. The van der Waals surface area contributed by atoms with E-state index in [0.717, 1.165) is 30.1 Å². The number of rotatable bonds is 4. The van der Waals surface area contributed by atoms with Crippen molar-refractivity contribution in [3.05, 3.63) is 0 Å². The summed E-state index contributed by atoms with van der Waals surface area (Å²) < 4.78 is 27.0. The molecule has 0 aromatic carbocycles. The second kappa shape index (κ2) is 5.03. The third-order valence-electron chi connectivity index (χ3n) is 2.62. The largest absolute Gasteiger partial charge is 0.382 e. The molecule has 1 unspecified atom stereocenters. The van der Waals surface area contributed by atoms with E-state index < -0.39 is 9.84 Å². The molecule has 1 aliphatic heterocycles. The number of hydrogen-bond acceptors (Lipinski definition) is 7. The Morgan fingerprint density at radius 1 is 1.59 bits per heavy atom. The molecule has 2 rings (SSSR count). The van der Waals surface area contributed by atoms with E-state index in [-0.39, 0.29) is 10.7 Å². The Balaban J connectivity index is 2.10. The first-order chi connectivity index (χ1) is 7.98. The summed E-state index contributed by atoms with van der Waals surface area (Å²) in [6.07, 6.45) is 2.34. The van der Waals surface area contributed by atoms with Gasteiger partial charge in [0.2, 0.25) is 0 Å². The minimum absolute atomic E-state index is 0.0980. The summed E-state index contributed by atoms with van der Waals surface area (Å²) in [5, 5.41) is 3.74. The fraction of sp³-hybridized carbons (Fsp3) is 0.667. The van der Waals surface area contributed by atoms with E-state index in [9.17, 15) is 8.42 Å². The van der Waals surface area contributed by atoms with Gasteiger partial charge in [0.25, 0.3) is 0 Å². The SMILES string of the molecule is CS(=O)(=O)c1c(N)nsc1NCC1CCSC1. The highest BCUT2D eigenvalue weighted by molar-refractivity contribution is 7.99. The summed E-state index contributed by atoms with van der Waals surface area (Å²) in [5.74, 6) is 3.03. The lowest BCUT2D eigenvalue weighted by Crippen LogP contribution is -2.14. The van der Waals surface area contributed by atoms with E-state index in [1.807, 2.05) is 11.8 Å². The third kappa shape index (κ3) is 3.05. The smallest absolute Gasteiger partial charge is 0.182 e. The molecule has 0 saturated carbocycles. The van der Waals surface area contributed by atoms with Crippen molar-refractivity contribution >= 4 is 44.0 Å². The van der Waals surface area contributed by atoms with E-state index >= 15 is 0 Å². The summed E-state index contributed by atoms with van der Waals surface area (Å²) >= 11 is 3.05. The van der Waals surface area contributed by atoms with Crippen LogP contribution in [0.1, 0.15) is 6.42 Å². The van der Waals surface area contributed by atoms with Gasteiger partial charge in [0, 0.05) is 12.8 Å². The molecule has 0 bridgehead atoms. The number of sulfone groups is 1. The lowest BCUT2D eigenvalue weighted by molar-refractivity contribution is 0.602. The third-order valence-corrected chi connectivity index (χ3v) is 5.95. The molecule has 5 nitrogen and oxygen atoms in total. The highest BCUT2D eigenvalue weighted by Gasteiger charge is 2.22. The molecule has 96 valence electrons. The van der Waals surface area contributed by atoms with Crippen molar-refractivity contribution in [2.24, 2.45) is 5.92 Å². The molecule has 8 heteroatoms. The standard InChI is InChI=1S/C9H15N3O2S3/c1-17(13,14)7-8(10)12-16-9(7)11-4-6-2-3-15-5-6/h6,11H,2-5H2,1H3,(H2,10,12). The summed E-state index contributed by atoms with van der Waals surface area (Å²) in [7, 11) is -3.31. The summed E-state index contributed by atoms with van der Waals surface area (Å²) in [5.41, 5.74) is 5.59. The van der Waals surface area contributed by atoms with Crippen molar-refractivity contribution in [1.29, 1.82) is 0 Å². The molecule has 1 aliphatic rings. The number of nitrogens with one attached hydrogen (secondary N) is 1. The normalized spacial score (nSPS) is 20.6. The van der Waals surface area contributed by atoms with Crippen molar-refractivity contribution in [2.75, 3.05) is 35.4 Å². The second-order valence-electron chi connectivity index (χ2n) is 4.11. The number of nitrogens with two attached hydrogens (primary N) is 1. The topological polar surface area (TPSA) is 85.1 Å². The van der Waals surface area contributed by atoms with Crippen molar-refractivity contribution in [3.8, 4) is 0 Å².